The maximum absolute atomic E-state index is 9.46. The zero-order chi connectivity index (χ0) is 12.6. The average Bonchev–Trinajstić information content (AvgIpc) is 2.55. The molecule has 1 N–H and O–H groups in total. The number of phenols is 1. The van der Waals surface area contributed by atoms with Gasteiger partial charge >= 0.3 is 0 Å². The van der Waals surface area contributed by atoms with Gasteiger partial charge in [-0.2, -0.15) is 0 Å². The van der Waals surface area contributed by atoms with Gasteiger partial charge in [-0.3, -0.25) is 4.90 Å². The van der Waals surface area contributed by atoms with Crippen LogP contribution in [0.15, 0.2) is 18.2 Å². The van der Waals surface area contributed by atoms with Gasteiger partial charge in [-0.15, -0.1) is 0 Å². The fraction of sp³-hybridized carbons (Fsp3) is 0.538. The zero-order valence-corrected chi connectivity index (χ0v) is 10.8. The van der Waals surface area contributed by atoms with E-state index in [1.807, 2.05) is 13.0 Å². The zero-order valence-electron chi connectivity index (χ0n) is 10.8. The fourth-order valence-electron chi connectivity index (χ4n) is 2.46. The minimum Gasteiger partial charge on any atom is -0.508 e. The number of rotatable bonds is 3. The molecule has 2 rings (SSSR count). The number of nitrogens with zero attached hydrogens (tertiary/aromatic N) is 2. The van der Waals surface area contributed by atoms with Crippen molar-refractivity contribution in [2.75, 3.05) is 19.0 Å². The highest BCUT2D eigenvalue weighted by Crippen LogP contribution is 2.41. The normalized spacial score (nSPS) is 20.3. The molecule has 4 heteroatoms. The summed E-state index contributed by atoms with van der Waals surface area (Å²) in [6, 6.07) is 5.30. The molecule has 1 aromatic carbocycles. The van der Waals surface area contributed by atoms with Crippen molar-refractivity contribution in [3.8, 4) is 11.5 Å². The molecule has 0 aliphatic carbocycles. The molecule has 0 spiro atoms. The maximum atomic E-state index is 9.46. The van der Waals surface area contributed by atoms with Crippen LogP contribution in [0.2, 0.25) is 0 Å². The molecule has 2 atom stereocenters. The second kappa shape index (κ2) is 4.45. The van der Waals surface area contributed by atoms with Gasteiger partial charge in [0, 0.05) is 6.07 Å². The summed E-state index contributed by atoms with van der Waals surface area (Å²) >= 11 is 0. The van der Waals surface area contributed by atoms with Crippen LogP contribution >= 0.6 is 0 Å². The summed E-state index contributed by atoms with van der Waals surface area (Å²) in [5.74, 6) is 1.01. The Kier molecular flexibility index (Phi) is 3.15. The van der Waals surface area contributed by atoms with Crippen molar-refractivity contribution in [3.63, 3.8) is 0 Å². The van der Waals surface area contributed by atoms with Crippen LogP contribution in [0.3, 0.4) is 0 Å². The third-order valence-electron chi connectivity index (χ3n) is 3.19. The smallest absolute Gasteiger partial charge is 0.170 e. The Bertz CT molecular complexity index is 406. The molecule has 1 aliphatic heterocycles. The number of benzene rings is 1. The summed E-state index contributed by atoms with van der Waals surface area (Å²) in [4.78, 5) is 4.43. The Morgan fingerprint density at radius 1 is 1.47 bits per heavy atom. The van der Waals surface area contributed by atoms with Gasteiger partial charge in [0.25, 0.3) is 0 Å². The number of hydrogen-bond acceptors (Lipinski definition) is 4. The van der Waals surface area contributed by atoms with Crippen molar-refractivity contribution < 1.29 is 9.84 Å². The Labute approximate surface area is 102 Å². The van der Waals surface area contributed by atoms with Crippen molar-refractivity contribution in [3.05, 3.63) is 18.2 Å². The molecule has 0 saturated carbocycles. The molecule has 0 bridgehead atoms. The van der Waals surface area contributed by atoms with Crippen molar-refractivity contribution in [1.29, 1.82) is 0 Å². The molecule has 0 fully saturated rings. The van der Waals surface area contributed by atoms with Gasteiger partial charge in [-0.25, -0.2) is 0 Å². The lowest BCUT2D eigenvalue weighted by atomic mass is 10.2. The predicted molar refractivity (Wildman–Crippen MR) is 68.4 cm³/mol. The van der Waals surface area contributed by atoms with Crippen LogP contribution in [0.5, 0.6) is 11.5 Å². The Balaban J connectivity index is 2.37. The number of anilines is 1. The highest BCUT2D eigenvalue weighted by Gasteiger charge is 2.33. The molecule has 2 unspecified atom stereocenters. The molecule has 4 nitrogen and oxygen atoms in total. The monoisotopic (exact) mass is 236 g/mol. The van der Waals surface area contributed by atoms with E-state index in [2.05, 4.69) is 30.8 Å². The summed E-state index contributed by atoms with van der Waals surface area (Å²) in [7, 11) is 4.14. The quantitative estimate of drug-likeness (QED) is 0.873. The molecule has 0 radical (unpaired) electrons. The van der Waals surface area contributed by atoms with Crippen molar-refractivity contribution in [2.45, 2.75) is 32.7 Å². The lowest BCUT2D eigenvalue weighted by Gasteiger charge is -2.35. The number of fused-ring (bicyclic) bond motifs is 1. The van der Waals surface area contributed by atoms with E-state index < -0.39 is 0 Å². The average molecular weight is 236 g/mol. The van der Waals surface area contributed by atoms with E-state index in [0.29, 0.717) is 6.17 Å². The number of hydrogen-bond donors (Lipinski definition) is 1. The van der Waals surface area contributed by atoms with Gasteiger partial charge in [0.1, 0.15) is 11.5 Å². The first-order valence-electron chi connectivity index (χ1n) is 5.99. The maximum Gasteiger partial charge on any atom is 0.170 e. The second-order valence-corrected chi connectivity index (χ2v) is 4.63. The van der Waals surface area contributed by atoms with Crippen molar-refractivity contribution in [2.24, 2.45) is 0 Å². The largest absolute Gasteiger partial charge is 0.508 e. The minimum atomic E-state index is -0.000787. The number of ether oxygens (including phenoxy) is 1. The lowest BCUT2D eigenvalue weighted by Crippen LogP contribution is -2.48. The number of aromatic hydroxyl groups is 1. The van der Waals surface area contributed by atoms with Gasteiger partial charge in [0.2, 0.25) is 0 Å². The third-order valence-corrected chi connectivity index (χ3v) is 3.19. The van der Waals surface area contributed by atoms with Crippen LogP contribution in [-0.2, 0) is 0 Å². The fourth-order valence-corrected chi connectivity index (χ4v) is 2.46. The molecule has 17 heavy (non-hydrogen) atoms. The highest BCUT2D eigenvalue weighted by atomic mass is 16.5. The third kappa shape index (κ3) is 2.05. The van der Waals surface area contributed by atoms with Crippen LogP contribution in [0, 0.1) is 0 Å². The molecular weight excluding hydrogens is 216 g/mol. The molecule has 0 aromatic heterocycles. The first kappa shape index (κ1) is 12.0. The van der Waals surface area contributed by atoms with E-state index in [-0.39, 0.29) is 12.0 Å². The van der Waals surface area contributed by atoms with Gasteiger partial charge in [-0.05, 0) is 39.6 Å². The molecular formula is C13H20N2O2. The molecule has 94 valence electrons. The van der Waals surface area contributed by atoms with E-state index in [1.54, 1.807) is 12.1 Å². The number of phenolic OH excluding ortho intramolecular Hbond substituents is 1. The van der Waals surface area contributed by atoms with Crippen LogP contribution in [0.25, 0.3) is 0 Å². The van der Waals surface area contributed by atoms with Crippen LogP contribution in [0.1, 0.15) is 20.3 Å². The van der Waals surface area contributed by atoms with E-state index >= 15 is 0 Å². The molecule has 1 heterocycles. The summed E-state index contributed by atoms with van der Waals surface area (Å²) in [6.45, 7) is 4.19. The predicted octanol–water partition coefficient (Wildman–Crippen LogP) is 2.23. The Morgan fingerprint density at radius 2 is 2.18 bits per heavy atom. The molecule has 1 aliphatic rings. The minimum absolute atomic E-state index is 0.000787. The van der Waals surface area contributed by atoms with Crippen LogP contribution in [0.4, 0.5) is 5.69 Å². The first-order chi connectivity index (χ1) is 8.04. The summed E-state index contributed by atoms with van der Waals surface area (Å²) in [5, 5.41) is 9.46. The summed E-state index contributed by atoms with van der Waals surface area (Å²) < 4.78 is 5.77. The summed E-state index contributed by atoms with van der Waals surface area (Å²) in [5.41, 5.74) is 1.05. The van der Waals surface area contributed by atoms with Gasteiger partial charge in [0.05, 0.1) is 11.9 Å². The highest BCUT2D eigenvalue weighted by molar-refractivity contribution is 5.64. The molecule has 0 amide bonds. The SMILES string of the molecule is CCC(N(C)C)N1c2ccc(O)cc2OC1C. The van der Waals surface area contributed by atoms with Crippen LogP contribution in [-0.4, -0.2) is 36.5 Å². The standard InChI is InChI=1S/C13H20N2O2/c1-5-13(14(3)4)15-9(2)17-12-8-10(16)6-7-11(12)15/h6-9,13,16H,5H2,1-4H3. The van der Waals surface area contributed by atoms with E-state index in [0.717, 1.165) is 17.9 Å². The Morgan fingerprint density at radius 3 is 2.76 bits per heavy atom. The second-order valence-electron chi connectivity index (χ2n) is 4.63. The van der Waals surface area contributed by atoms with Crippen LogP contribution < -0.4 is 9.64 Å². The van der Waals surface area contributed by atoms with Gasteiger partial charge < -0.3 is 14.7 Å². The molecule has 0 saturated heterocycles. The van der Waals surface area contributed by atoms with E-state index in [4.69, 9.17) is 4.74 Å². The topological polar surface area (TPSA) is 35.9 Å². The van der Waals surface area contributed by atoms with E-state index in [9.17, 15) is 5.11 Å². The molecule has 1 aromatic rings. The van der Waals surface area contributed by atoms with Crippen molar-refractivity contribution in [1.82, 2.24) is 4.90 Å². The van der Waals surface area contributed by atoms with Gasteiger partial charge in [-0.1, -0.05) is 6.92 Å². The van der Waals surface area contributed by atoms with E-state index in [1.165, 1.54) is 0 Å². The van der Waals surface area contributed by atoms with Crippen molar-refractivity contribution >= 4 is 5.69 Å². The lowest BCUT2D eigenvalue weighted by molar-refractivity contribution is 0.184. The Hall–Kier alpha value is -1.42. The summed E-state index contributed by atoms with van der Waals surface area (Å²) in [6.07, 6.45) is 1.32. The first-order valence-corrected chi connectivity index (χ1v) is 5.99. The van der Waals surface area contributed by atoms with Gasteiger partial charge in [0.15, 0.2) is 6.23 Å².